The minimum absolute atomic E-state index is 0.115. The number of aryl methyl sites for hydroxylation is 4. The van der Waals surface area contributed by atoms with Gasteiger partial charge in [0.2, 0.25) is 5.91 Å². The fraction of sp³-hybridized carbons (Fsp3) is 0.524. The summed E-state index contributed by atoms with van der Waals surface area (Å²) in [6, 6.07) is 1.72. The topological polar surface area (TPSA) is 121 Å². The number of amides is 4. The molecule has 0 atom stereocenters. The second-order valence-corrected chi connectivity index (χ2v) is 10.3. The molecule has 176 valence electrons. The molecule has 9 nitrogen and oxygen atoms in total. The van der Waals surface area contributed by atoms with Crippen LogP contribution in [0, 0.1) is 6.92 Å². The molecule has 2 rings (SSSR count). The number of hydrazine groups is 1. The molecule has 4 amide bonds. The highest BCUT2D eigenvalue weighted by Gasteiger charge is 2.16. The average molecular weight is 482 g/mol. The quantitative estimate of drug-likeness (QED) is 0.336. The Balaban J connectivity index is 1.68. The van der Waals surface area contributed by atoms with Gasteiger partial charge in [0.1, 0.15) is 5.60 Å². The first kappa shape index (κ1) is 25.6. The van der Waals surface area contributed by atoms with Crippen molar-refractivity contribution in [1.29, 1.82) is 0 Å². The van der Waals surface area contributed by atoms with Crippen LogP contribution in [-0.2, 0) is 28.8 Å². The molecule has 0 unspecified atom stereocenters. The van der Waals surface area contributed by atoms with Gasteiger partial charge in [-0.2, -0.15) is 0 Å². The number of urea groups is 1. The van der Waals surface area contributed by atoms with Gasteiger partial charge < -0.3 is 15.4 Å². The Bertz CT molecular complexity index is 933. The fourth-order valence-corrected chi connectivity index (χ4v) is 4.76. The molecule has 2 aromatic heterocycles. The molecule has 2 aromatic rings. The van der Waals surface area contributed by atoms with Crippen LogP contribution in [0.4, 0.5) is 14.7 Å². The standard InChI is InChI=1S/C21H31N5O4S2/c1-13-11-16(9-8-15-12-31-19(24-15)23-14(2)27)32-17(13)7-6-10-22-18(28)25-26-20(29)30-21(3,4)5/h11-12H,6-10H2,1-5H3,(H,26,29)(H2,22,25,28)(H,23,24,27). The molecule has 32 heavy (non-hydrogen) atoms. The van der Waals surface area contributed by atoms with Crippen molar-refractivity contribution in [3.8, 4) is 0 Å². The Labute approximate surface area is 196 Å². The first-order valence-electron chi connectivity index (χ1n) is 10.3. The Morgan fingerprint density at radius 3 is 2.56 bits per heavy atom. The van der Waals surface area contributed by atoms with Crippen LogP contribution < -0.4 is 21.5 Å². The summed E-state index contributed by atoms with van der Waals surface area (Å²) in [6.45, 7) is 9.28. The van der Waals surface area contributed by atoms with Gasteiger partial charge in [-0.1, -0.05) is 0 Å². The number of thiophene rings is 1. The Morgan fingerprint density at radius 1 is 1.12 bits per heavy atom. The molecule has 0 fully saturated rings. The van der Waals surface area contributed by atoms with Gasteiger partial charge in [0.15, 0.2) is 5.13 Å². The number of aromatic nitrogens is 1. The number of ether oxygens (including phenoxy) is 1. The predicted molar refractivity (Wildman–Crippen MR) is 127 cm³/mol. The molecule has 4 N–H and O–H groups in total. The lowest BCUT2D eigenvalue weighted by Gasteiger charge is -2.19. The van der Waals surface area contributed by atoms with Crippen LogP contribution in [0.2, 0.25) is 0 Å². The molecule has 0 aliphatic carbocycles. The van der Waals surface area contributed by atoms with E-state index < -0.39 is 17.7 Å². The van der Waals surface area contributed by atoms with E-state index in [0.29, 0.717) is 11.7 Å². The number of hydrogen-bond donors (Lipinski definition) is 4. The van der Waals surface area contributed by atoms with Crippen molar-refractivity contribution >= 4 is 45.8 Å². The van der Waals surface area contributed by atoms with Gasteiger partial charge in [0.05, 0.1) is 5.69 Å². The summed E-state index contributed by atoms with van der Waals surface area (Å²) in [6.07, 6.45) is 2.65. The van der Waals surface area contributed by atoms with Crippen molar-refractivity contribution in [2.24, 2.45) is 0 Å². The molecule has 0 bridgehead atoms. The van der Waals surface area contributed by atoms with Crippen LogP contribution >= 0.6 is 22.7 Å². The molecule has 11 heteroatoms. The number of carbonyl (C=O) groups is 3. The third-order valence-electron chi connectivity index (χ3n) is 4.08. The monoisotopic (exact) mass is 481 g/mol. The number of anilines is 1. The number of nitrogens with zero attached hydrogens (tertiary/aromatic N) is 1. The van der Waals surface area contributed by atoms with Gasteiger partial charge in [0, 0.05) is 28.6 Å². The van der Waals surface area contributed by atoms with E-state index in [0.717, 1.165) is 31.4 Å². The minimum atomic E-state index is -0.710. The summed E-state index contributed by atoms with van der Waals surface area (Å²) in [5.41, 5.74) is 6.06. The summed E-state index contributed by atoms with van der Waals surface area (Å²) in [7, 11) is 0. The summed E-state index contributed by atoms with van der Waals surface area (Å²) in [5, 5.41) is 8.02. The van der Waals surface area contributed by atoms with Crippen molar-refractivity contribution in [2.75, 3.05) is 11.9 Å². The highest BCUT2D eigenvalue weighted by molar-refractivity contribution is 7.14. The van der Waals surface area contributed by atoms with Crippen LogP contribution in [0.5, 0.6) is 0 Å². The van der Waals surface area contributed by atoms with Crippen LogP contribution in [-0.4, -0.2) is 35.2 Å². The van der Waals surface area contributed by atoms with Crippen molar-refractivity contribution in [1.82, 2.24) is 21.2 Å². The van der Waals surface area contributed by atoms with Crippen LogP contribution in [0.25, 0.3) is 0 Å². The molecule has 0 aliphatic rings. The van der Waals surface area contributed by atoms with E-state index in [4.69, 9.17) is 4.74 Å². The first-order chi connectivity index (χ1) is 15.0. The van der Waals surface area contributed by atoms with Crippen molar-refractivity contribution in [2.45, 2.75) is 65.9 Å². The zero-order chi connectivity index (χ0) is 23.7. The van der Waals surface area contributed by atoms with E-state index in [1.165, 1.54) is 33.6 Å². The molecule has 2 heterocycles. The maximum absolute atomic E-state index is 11.8. The highest BCUT2D eigenvalue weighted by Crippen LogP contribution is 2.25. The van der Waals surface area contributed by atoms with Gasteiger partial charge in [-0.25, -0.2) is 25.4 Å². The van der Waals surface area contributed by atoms with Crippen LogP contribution in [0.1, 0.15) is 55.1 Å². The third kappa shape index (κ3) is 9.65. The molecule has 0 radical (unpaired) electrons. The Morgan fingerprint density at radius 2 is 1.88 bits per heavy atom. The third-order valence-corrected chi connectivity index (χ3v) is 6.24. The lowest BCUT2D eigenvalue weighted by Crippen LogP contribution is -2.48. The summed E-state index contributed by atoms with van der Waals surface area (Å²) in [5.74, 6) is -0.115. The smallest absolute Gasteiger partial charge is 0.426 e. The average Bonchev–Trinajstić information content (AvgIpc) is 3.26. The molecule has 0 aliphatic heterocycles. The second kappa shape index (κ2) is 11.8. The summed E-state index contributed by atoms with van der Waals surface area (Å²) in [4.78, 5) is 41.4. The largest absolute Gasteiger partial charge is 0.443 e. The van der Waals surface area contributed by atoms with E-state index >= 15 is 0 Å². The van der Waals surface area contributed by atoms with Gasteiger partial charge in [-0.15, -0.1) is 22.7 Å². The van der Waals surface area contributed by atoms with Gasteiger partial charge in [-0.3, -0.25) is 4.79 Å². The maximum Gasteiger partial charge on any atom is 0.426 e. The number of rotatable bonds is 8. The van der Waals surface area contributed by atoms with Gasteiger partial charge in [0.25, 0.3) is 0 Å². The first-order valence-corrected chi connectivity index (χ1v) is 12.0. The van der Waals surface area contributed by atoms with E-state index in [1.54, 1.807) is 32.1 Å². The van der Waals surface area contributed by atoms with Crippen LogP contribution in [0.3, 0.4) is 0 Å². The summed E-state index contributed by atoms with van der Waals surface area (Å²) < 4.78 is 5.04. The maximum atomic E-state index is 11.8. The molecule has 0 saturated carbocycles. The van der Waals surface area contributed by atoms with Gasteiger partial charge in [-0.05, 0) is 65.0 Å². The number of nitrogens with one attached hydrogen (secondary N) is 4. The molecule has 0 saturated heterocycles. The molecule has 0 aromatic carbocycles. The number of carbonyl (C=O) groups excluding carboxylic acids is 3. The number of hydrogen-bond acceptors (Lipinski definition) is 7. The second-order valence-electron chi connectivity index (χ2n) is 8.26. The van der Waals surface area contributed by atoms with E-state index in [2.05, 4.69) is 39.5 Å². The van der Waals surface area contributed by atoms with E-state index in [-0.39, 0.29) is 5.91 Å². The van der Waals surface area contributed by atoms with Crippen molar-refractivity contribution in [3.05, 3.63) is 32.5 Å². The highest BCUT2D eigenvalue weighted by atomic mass is 32.1. The van der Waals surface area contributed by atoms with Crippen LogP contribution in [0.15, 0.2) is 11.4 Å². The molecular formula is C21H31N5O4S2. The molecular weight excluding hydrogens is 450 g/mol. The summed E-state index contributed by atoms with van der Waals surface area (Å²) >= 11 is 3.21. The van der Waals surface area contributed by atoms with E-state index in [1.807, 2.05) is 5.38 Å². The van der Waals surface area contributed by atoms with Gasteiger partial charge >= 0.3 is 12.1 Å². The zero-order valence-electron chi connectivity index (χ0n) is 19.1. The normalized spacial score (nSPS) is 11.0. The zero-order valence-corrected chi connectivity index (χ0v) is 20.7. The predicted octanol–water partition coefficient (Wildman–Crippen LogP) is 3.93. The van der Waals surface area contributed by atoms with Crippen molar-refractivity contribution in [3.63, 3.8) is 0 Å². The fourth-order valence-electron chi connectivity index (χ4n) is 2.75. The minimum Gasteiger partial charge on any atom is -0.443 e. The Kier molecular flexibility index (Phi) is 9.45. The van der Waals surface area contributed by atoms with Crippen molar-refractivity contribution < 1.29 is 19.1 Å². The van der Waals surface area contributed by atoms with E-state index in [9.17, 15) is 14.4 Å². The lowest BCUT2D eigenvalue weighted by molar-refractivity contribution is -0.114. The SMILES string of the molecule is CC(=O)Nc1nc(CCc2cc(C)c(CCCNC(=O)NNC(=O)OC(C)(C)C)s2)cs1. The Hall–Kier alpha value is -2.66. The number of thiazole rings is 1. The molecule has 0 spiro atoms. The lowest BCUT2D eigenvalue weighted by atomic mass is 10.1.